The van der Waals surface area contributed by atoms with E-state index < -0.39 is 11.7 Å². The van der Waals surface area contributed by atoms with Crippen LogP contribution in [-0.2, 0) is 6.54 Å². The SMILES string of the molecule is O=C(N=c1sccn1Cc1ccc(C(=O)N2CCCC2)cc1)c1ccccc1F. The van der Waals surface area contributed by atoms with Crippen molar-refractivity contribution in [1.29, 1.82) is 0 Å². The van der Waals surface area contributed by atoms with Gasteiger partial charge in [0.15, 0.2) is 4.80 Å². The molecule has 148 valence electrons. The quantitative estimate of drug-likeness (QED) is 0.660. The Morgan fingerprint density at radius 1 is 1.03 bits per heavy atom. The van der Waals surface area contributed by atoms with Gasteiger partial charge in [0.05, 0.1) is 5.56 Å². The number of carbonyl (C=O) groups is 2. The molecular formula is C22H20FN3O2S. The number of aromatic nitrogens is 1. The van der Waals surface area contributed by atoms with Gasteiger partial charge in [0.2, 0.25) is 0 Å². The van der Waals surface area contributed by atoms with Gasteiger partial charge in [-0.25, -0.2) is 4.39 Å². The summed E-state index contributed by atoms with van der Waals surface area (Å²) in [6.45, 7) is 2.16. The van der Waals surface area contributed by atoms with E-state index >= 15 is 0 Å². The van der Waals surface area contributed by atoms with Crippen LogP contribution in [-0.4, -0.2) is 34.4 Å². The molecule has 1 aliphatic rings. The van der Waals surface area contributed by atoms with E-state index in [9.17, 15) is 14.0 Å². The highest BCUT2D eigenvalue weighted by molar-refractivity contribution is 7.07. The molecule has 5 nitrogen and oxygen atoms in total. The lowest BCUT2D eigenvalue weighted by Crippen LogP contribution is -2.27. The van der Waals surface area contributed by atoms with Crippen molar-refractivity contribution in [3.8, 4) is 0 Å². The topological polar surface area (TPSA) is 54.7 Å². The van der Waals surface area contributed by atoms with Crippen LogP contribution in [0.1, 0.15) is 39.1 Å². The summed E-state index contributed by atoms with van der Waals surface area (Å²) in [7, 11) is 0. The fourth-order valence-corrected chi connectivity index (χ4v) is 4.07. The minimum absolute atomic E-state index is 0.0442. The van der Waals surface area contributed by atoms with E-state index in [-0.39, 0.29) is 11.5 Å². The second-order valence-electron chi connectivity index (χ2n) is 6.91. The standard InChI is InChI=1S/C22H20FN3O2S/c23-19-6-2-1-5-18(19)20(27)24-22-26(13-14-29-22)15-16-7-9-17(10-8-16)21(28)25-11-3-4-12-25/h1-2,5-10,13-14H,3-4,11-12,15H2. The second kappa shape index (κ2) is 8.53. The maximum Gasteiger partial charge on any atom is 0.282 e. The molecule has 0 atom stereocenters. The predicted octanol–water partition coefficient (Wildman–Crippen LogP) is 3.71. The molecule has 4 rings (SSSR count). The van der Waals surface area contributed by atoms with Crippen molar-refractivity contribution in [2.24, 2.45) is 4.99 Å². The van der Waals surface area contributed by atoms with E-state index in [2.05, 4.69) is 4.99 Å². The fourth-order valence-electron chi connectivity index (χ4n) is 3.34. The number of rotatable bonds is 4. The third-order valence-corrected chi connectivity index (χ3v) is 5.70. The molecule has 29 heavy (non-hydrogen) atoms. The zero-order valence-corrected chi connectivity index (χ0v) is 16.6. The first kappa shape index (κ1) is 19.3. The second-order valence-corrected chi connectivity index (χ2v) is 7.78. The molecule has 0 aliphatic carbocycles. The number of likely N-dealkylation sites (tertiary alicyclic amines) is 1. The predicted molar refractivity (Wildman–Crippen MR) is 109 cm³/mol. The van der Waals surface area contributed by atoms with Crippen molar-refractivity contribution in [1.82, 2.24) is 9.47 Å². The molecule has 2 amide bonds. The van der Waals surface area contributed by atoms with Crippen LogP contribution in [0.15, 0.2) is 65.1 Å². The van der Waals surface area contributed by atoms with Crippen LogP contribution in [0.5, 0.6) is 0 Å². The molecule has 0 N–H and O–H groups in total. The number of nitrogens with zero attached hydrogens (tertiary/aromatic N) is 3. The molecule has 0 spiro atoms. The van der Waals surface area contributed by atoms with E-state index in [1.165, 1.54) is 29.5 Å². The van der Waals surface area contributed by atoms with Crippen molar-refractivity contribution in [3.05, 3.63) is 87.4 Å². The number of thiazole rings is 1. The zero-order chi connectivity index (χ0) is 20.2. The Balaban J connectivity index is 1.51. The number of carbonyl (C=O) groups excluding carboxylic acids is 2. The molecule has 0 bridgehead atoms. The van der Waals surface area contributed by atoms with Crippen LogP contribution in [0, 0.1) is 5.82 Å². The largest absolute Gasteiger partial charge is 0.339 e. The molecule has 2 heterocycles. The van der Waals surface area contributed by atoms with Crippen molar-refractivity contribution in [3.63, 3.8) is 0 Å². The Morgan fingerprint density at radius 2 is 1.76 bits per heavy atom. The molecule has 1 saturated heterocycles. The normalized spacial score (nSPS) is 14.4. The molecule has 1 aromatic heterocycles. The Kier molecular flexibility index (Phi) is 5.67. The molecule has 7 heteroatoms. The van der Waals surface area contributed by atoms with Gasteiger partial charge in [0.1, 0.15) is 5.82 Å². The minimum atomic E-state index is -0.606. The lowest BCUT2D eigenvalue weighted by Gasteiger charge is -2.15. The van der Waals surface area contributed by atoms with Gasteiger partial charge >= 0.3 is 0 Å². The maximum absolute atomic E-state index is 13.8. The number of amides is 2. The van der Waals surface area contributed by atoms with E-state index in [0.717, 1.165) is 31.5 Å². The third kappa shape index (κ3) is 4.35. The van der Waals surface area contributed by atoms with Gasteiger partial charge in [0.25, 0.3) is 11.8 Å². The summed E-state index contributed by atoms with van der Waals surface area (Å²) in [5.74, 6) is -1.11. The molecule has 3 aromatic rings. The van der Waals surface area contributed by atoms with E-state index in [4.69, 9.17) is 0 Å². The highest BCUT2D eigenvalue weighted by Crippen LogP contribution is 2.14. The van der Waals surface area contributed by atoms with Crippen molar-refractivity contribution in [2.75, 3.05) is 13.1 Å². The van der Waals surface area contributed by atoms with E-state index in [1.807, 2.05) is 45.3 Å². The van der Waals surface area contributed by atoms with Crippen molar-refractivity contribution >= 4 is 23.2 Å². The van der Waals surface area contributed by atoms with Crippen LogP contribution < -0.4 is 4.80 Å². The lowest BCUT2D eigenvalue weighted by molar-refractivity contribution is 0.0792. The van der Waals surface area contributed by atoms with Gasteiger partial charge in [-0.3, -0.25) is 9.59 Å². The van der Waals surface area contributed by atoms with Gasteiger partial charge in [-0.2, -0.15) is 4.99 Å². The summed E-state index contributed by atoms with van der Waals surface area (Å²) < 4.78 is 15.6. The summed E-state index contributed by atoms with van der Waals surface area (Å²) >= 11 is 1.31. The summed E-state index contributed by atoms with van der Waals surface area (Å²) in [5, 5.41) is 1.83. The van der Waals surface area contributed by atoms with E-state index in [1.54, 1.807) is 6.07 Å². The Labute approximate surface area is 171 Å². The molecule has 0 unspecified atom stereocenters. The monoisotopic (exact) mass is 409 g/mol. The summed E-state index contributed by atoms with van der Waals surface area (Å²) in [4.78, 5) is 31.2. The first-order chi connectivity index (χ1) is 14.1. The van der Waals surface area contributed by atoms with Crippen molar-refractivity contribution < 1.29 is 14.0 Å². The van der Waals surface area contributed by atoms with Gasteiger partial charge in [-0.05, 0) is 42.7 Å². The first-order valence-electron chi connectivity index (χ1n) is 9.47. The maximum atomic E-state index is 13.8. The number of halogens is 1. The Bertz CT molecular complexity index is 1100. The third-order valence-electron chi connectivity index (χ3n) is 4.91. The highest BCUT2D eigenvalue weighted by atomic mass is 32.1. The molecule has 2 aromatic carbocycles. The average molecular weight is 409 g/mol. The van der Waals surface area contributed by atoms with Gasteiger partial charge in [0, 0.05) is 36.8 Å². The van der Waals surface area contributed by atoms with Crippen LogP contribution in [0.4, 0.5) is 4.39 Å². The average Bonchev–Trinajstić information content (AvgIpc) is 3.41. The number of hydrogen-bond donors (Lipinski definition) is 0. The lowest BCUT2D eigenvalue weighted by atomic mass is 10.1. The molecule has 0 radical (unpaired) electrons. The minimum Gasteiger partial charge on any atom is -0.339 e. The smallest absolute Gasteiger partial charge is 0.282 e. The summed E-state index contributed by atoms with van der Waals surface area (Å²) in [6, 6.07) is 13.3. The van der Waals surface area contributed by atoms with E-state index in [0.29, 0.717) is 16.9 Å². The van der Waals surface area contributed by atoms with Crippen LogP contribution in [0.2, 0.25) is 0 Å². The summed E-state index contributed by atoms with van der Waals surface area (Å²) in [6.07, 6.45) is 3.97. The highest BCUT2D eigenvalue weighted by Gasteiger charge is 2.19. The number of hydrogen-bond acceptors (Lipinski definition) is 3. The molecule has 0 saturated carbocycles. The van der Waals surface area contributed by atoms with Crippen molar-refractivity contribution in [2.45, 2.75) is 19.4 Å². The Morgan fingerprint density at radius 3 is 2.48 bits per heavy atom. The zero-order valence-electron chi connectivity index (χ0n) is 15.8. The number of benzene rings is 2. The Hall–Kier alpha value is -3.06. The summed E-state index contributed by atoms with van der Waals surface area (Å²) in [5.41, 5.74) is 1.63. The van der Waals surface area contributed by atoms with Gasteiger partial charge < -0.3 is 9.47 Å². The van der Waals surface area contributed by atoms with Gasteiger partial charge in [-0.15, -0.1) is 11.3 Å². The van der Waals surface area contributed by atoms with Crippen LogP contribution >= 0.6 is 11.3 Å². The molecule has 1 fully saturated rings. The molecular weight excluding hydrogens is 389 g/mol. The fraction of sp³-hybridized carbons (Fsp3) is 0.227. The van der Waals surface area contributed by atoms with Gasteiger partial charge in [-0.1, -0.05) is 24.3 Å². The molecule has 1 aliphatic heterocycles. The van der Waals surface area contributed by atoms with Crippen LogP contribution in [0.25, 0.3) is 0 Å². The van der Waals surface area contributed by atoms with Crippen LogP contribution in [0.3, 0.4) is 0 Å². The first-order valence-corrected chi connectivity index (χ1v) is 10.4.